The highest BCUT2D eigenvalue weighted by atomic mass is 16.5. The van der Waals surface area contributed by atoms with Crippen LogP contribution in [0.1, 0.15) is 20.8 Å². The van der Waals surface area contributed by atoms with E-state index >= 15 is 0 Å². The van der Waals surface area contributed by atoms with Crippen molar-refractivity contribution < 1.29 is 14.3 Å². The van der Waals surface area contributed by atoms with Crippen molar-refractivity contribution in [1.82, 2.24) is 5.32 Å². The Morgan fingerprint density at radius 2 is 2.08 bits per heavy atom. The Hall–Kier alpha value is -1.79. The number of nitrogens with one attached hydrogen (secondary N) is 2. The molecule has 134 valence electrons. The number of carbonyl (C=O) groups excluding carboxylic acids is 1. The standard InChI is InChI=1S/C18H29N3O3/c1-4-23-13-17(14(2)3)20-18(22)19-15-6-5-7-16(12-15)21-8-10-24-11-9-21/h5-7,12,14,17H,4,8-11,13H2,1-3H3,(H2,19,20,22)/t17-/m1/s1. The van der Waals surface area contributed by atoms with Crippen LogP contribution in [0, 0.1) is 5.92 Å². The molecule has 1 aromatic carbocycles. The van der Waals surface area contributed by atoms with Gasteiger partial charge in [-0.05, 0) is 31.0 Å². The maximum Gasteiger partial charge on any atom is 0.319 e. The van der Waals surface area contributed by atoms with Crippen molar-refractivity contribution in [1.29, 1.82) is 0 Å². The van der Waals surface area contributed by atoms with E-state index in [-0.39, 0.29) is 12.1 Å². The zero-order valence-corrected chi connectivity index (χ0v) is 14.9. The Bertz CT molecular complexity index is 516. The molecule has 2 amide bonds. The number of hydrogen-bond donors (Lipinski definition) is 2. The molecular formula is C18H29N3O3. The van der Waals surface area contributed by atoms with Crippen LogP contribution in [0.3, 0.4) is 0 Å². The van der Waals surface area contributed by atoms with Crippen LogP contribution in [0.4, 0.5) is 16.2 Å². The molecule has 2 N–H and O–H groups in total. The zero-order chi connectivity index (χ0) is 17.4. The van der Waals surface area contributed by atoms with Gasteiger partial charge >= 0.3 is 6.03 Å². The number of amides is 2. The van der Waals surface area contributed by atoms with Gasteiger partial charge in [0.05, 0.1) is 25.9 Å². The Morgan fingerprint density at radius 3 is 2.75 bits per heavy atom. The van der Waals surface area contributed by atoms with Gasteiger partial charge in [0.15, 0.2) is 0 Å². The lowest BCUT2D eigenvalue weighted by atomic mass is 10.1. The van der Waals surface area contributed by atoms with E-state index < -0.39 is 0 Å². The predicted octanol–water partition coefficient (Wildman–Crippen LogP) is 2.71. The van der Waals surface area contributed by atoms with Crippen LogP contribution in [-0.4, -0.2) is 51.6 Å². The molecule has 1 aliphatic rings. The minimum absolute atomic E-state index is 0.00706. The van der Waals surface area contributed by atoms with Gasteiger partial charge in [-0.3, -0.25) is 0 Å². The molecule has 6 heteroatoms. The number of urea groups is 1. The summed E-state index contributed by atoms with van der Waals surface area (Å²) in [6.45, 7) is 10.5. The Morgan fingerprint density at radius 1 is 1.33 bits per heavy atom. The van der Waals surface area contributed by atoms with Crippen LogP contribution in [0.15, 0.2) is 24.3 Å². The average molecular weight is 335 g/mol. The van der Waals surface area contributed by atoms with Crippen molar-refractivity contribution in [3.05, 3.63) is 24.3 Å². The SMILES string of the molecule is CCOC[C@@H](NC(=O)Nc1cccc(N2CCOCC2)c1)C(C)C. The lowest BCUT2D eigenvalue weighted by molar-refractivity contribution is 0.111. The van der Waals surface area contributed by atoms with Crippen LogP contribution < -0.4 is 15.5 Å². The van der Waals surface area contributed by atoms with Crippen molar-refractivity contribution in [3.8, 4) is 0 Å². The summed E-state index contributed by atoms with van der Waals surface area (Å²) < 4.78 is 10.8. The molecule has 0 bridgehead atoms. The van der Waals surface area contributed by atoms with Crippen molar-refractivity contribution in [3.63, 3.8) is 0 Å². The number of ether oxygens (including phenoxy) is 2. The van der Waals surface area contributed by atoms with Crippen molar-refractivity contribution in [2.75, 3.05) is 49.7 Å². The zero-order valence-electron chi connectivity index (χ0n) is 14.9. The first-order valence-corrected chi connectivity index (χ1v) is 8.68. The van der Waals surface area contributed by atoms with E-state index in [1.165, 1.54) is 0 Å². The summed E-state index contributed by atoms with van der Waals surface area (Å²) in [7, 11) is 0. The third-order valence-corrected chi connectivity index (χ3v) is 4.10. The van der Waals surface area contributed by atoms with Gasteiger partial charge in [0, 0.05) is 31.1 Å². The van der Waals surface area contributed by atoms with E-state index in [1.807, 2.05) is 25.1 Å². The van der Waals surface area contributed by atoms with Gasteiger partial charge in [-0.1, -0.05) is 19.9 Å². The van der Waals surface area contributed by atoms with Crippen molar-refractivity contribution in [2.24, 2.45) is 5.92 Å². The Kier molecular flexibility index (Phi) is 7.34. The third kappa shape index (κ3) is 5.69. The van der Waals surface area contributed by atoms with Crippen molar-refractivity contribution in [2.45, 2.75) is 26.8 Å². The fraction of sp³-hybridized carbons (Fsp3) is 0.611. The quantitative estimate of drug-likeness (QED) is 0.804. The summed E-state index contributed by atoms with van der Waals surface area (Å²) >= 11 is 0. The van der Waals surface area contributed by atoms with Gasteiger partial charge in [0.1, 0.15) is 0 Å². The minimum Gasteiger partial charge on any atom is -0.380 e. The van der Waals surface area contributed by atoms with Gasteiger partial charge in [-0.25, -0.2) is 4.79 Å². The number of hydrogen-bond acceptors (Lipinski definition) is 4. The monoisotopic (exact) mass is 335 g/mol. The summed E-state index contributed by atoms with van der Waals surface area (Å²) in [4.78, 5) is 14.5. The largest absolute Gasteiger partial charge is 0.380 e. The molecule has 2 rings (SSSR count). The van der Waals surface area contributed by atoms with E-state index in [0.717, 1.165) is 37.7 Å². The van der Waals surface area contributed by atoms with Crippen LogP contribution in [0.25, 0.3) is 0 Å². The highest BCUT2D eigenvalue weighted by molar-refractivity contribution is 5.90. The lowest BCUT2D eigenvalue weighted by Gasteiger charge is -2.29. The Labute approximate surface area is 144 Å². The van der Waals surface area contributed by atoms with Crippen LogP contribution >= 0.6 is 0 Å². The van der Waals surface area contributed by atoms with Crippen LogP contribution in [0.5, 0.6) is 0 Å². The summed E-state index contributed by atoms with van der Waals surface area (Å²) in [5, 5.41) is 5.91. The summed E-state index contributed by atoms with van der Waals surface area (Å²) in [6.07, 6.45) is 0. The van der Waals surface area contributed by atoms with E-state index in [2.05, 4.69) is 35.4 Å². The topological polar surface area (TPSA) is 62.8 Å². The molecule has 6 nitrogen and oxygen atoms in total. The molecule has 1 saturated heterocycles. The number of rotatable bonds is 7. The molecule has 24 heavy (non-hydrogen) atoms. The highest BCUT2D eigenvalue weighted by Gasteiger charge is 2.17. The maximum atomic E-state index is 12.3. The molecule has 1 aromatic rings. The normalized spacial score (nSPS) is 16.1. The molecule has 0 aliphatic carbocycles. The van der Waals surface area contributed by atoms with Crippen LogP contribution in [0.2, 0.25) is 0 Å². The van der Waals surface area contributed by atoms with Gasteiger partial charge in [-0.2, -0.15) is 0 Å². The van der Waals surface area contributed by atoms with Crippen LogP contribution in [-0.2, 0) is 9.47 Å². The predicted molar refractivity (Wildman–Crippen MR) is 96.7 cm³/mol. The van der Waals surface area contributed by atoms with E-state index in [1.54, 1.807) is 0 Å². The van der Waals surface area contributed by atoms with Gasteiger partial charge in [0.2, 0.25) is 0 Å². The molecule has 1 atom stereocenters. The average Bonchev–Trinajstić information content (AvgIpc) is 2.59. The molecule has 0 saturated carbocycles. The molecule has 0 spiro atoms. The number of morpholine rings is 1. The molecule has 0 radical (unpaired) electrons. The number of anilines is 2. The Balaban J connectivity index is 1.93. The first kappa shape index (κ1) is 18.5. The van der Waals surface area contributed by atoms with E-state index in [0.29, 0.717) is 19.1 Å². The maximum absolute atomic E-state index is 12.3. The fourth-order valence-electron chi connectivity index (χ4n) is 2.58. The summed E-state index contributed by atoms with van der Waals surface area (Å²) in [5.41, 5.74) is 1.89. The minimum atomic E-state index is -0.201. The van der Waals surface area contributed by atoms with Crippen molar-refractivity contribution >= 4 is 17.4 Å². The first-order valence-electron chi connectivity index (χ1n) is 8.68. The summed E-state index contributed by atoms with van der Waals surface area (Å²) in [5.74, 6) is 0.307. The second kappa shape index (κ2) is 9.49. The second-order valence-electron chi connectivity index (χ2n) is 6.26. The lowest BCUT2D eigenvalue weighted by Crippen LogP contribution is -2.44. The van der Waals surface area contributed by atoms with Gasteiger partial charge in [-0.15, -0.1) is 0 Å². The fourth-order valence-corrected chi connectivity index (χ4v) is 2.58. The number of benzene rings is 1. The summed E-state index contributed by atoms with van der Waals surface area (Å²) in [6, 6.07) is 7.70. The number of nitrogens with zero attached hydrogens (tertiary/aromatic N) is 1. The molecule has 1 heterocycles. The molecular weight excluding hydrogens is 306 g/mol. The highest BCUT2D eigenvalue weighted by Crippen LogP contribution is 2.20. The van der Waals surface area contributed by atoms with Gasteiger partial charge in [0.25, 0.3) is 0 Å². The van der Waals surface area contributed by atoms with Gasteiger partial charge < -0.3 is 25.0 Å². The first-order chi connectivity index (χ1) is 11.6. The molecule has 0 aromatic heterocycles. The number of carbonyl (C=O) groups is 1. The second-order valence-corrected chi connectivity index (χ2v) is 6.26. The molecule has 0 unspecified atom stereocenters. The third-order valence-electron chi connectivity index (χ3n) is 4.10. The van der Waals surface area contributed by atoms with E-state index in [9.17, 15) is 4.79 Å². The van der Waals surface area contributed by atoms with E-state index in [4.69, 9.17) is 9.47 Å². The smallest absolute Gasteiger partial charge is 0.319 e. The molecule has 1 fully saturated rings. The molecule has 1 aliphatic heterocycles.